The van der Waals surface area contributed by atoms with E-state index >= 15 is 0 Å². The van der Waals surface area contributed by atoms with Crippen LogP contribution in [0.3, 0.4) is 0 Å². The van der Waals surface area contributed by atoms with Crippen LogP contribution >= 0.6 is 0 Å². The average Bonchev–Trinajstić information content (AvgIpc) is 3.15. The van der Waals surface area contributed by atoms with Crippen molar-refractivity contribution in [2.24, 2.45) is 7.05 Å². The average molecular weight is 360 g/mol. The third-order valence-electron chi connectivity index (χ3n) is 4.28. The Balaban J connectivity index is 1.84. The number of nitrogens with zero attached hydrogens (tertiary/aromatic N) is 4. The number of halogens is 2. The number of rotatable bonds is 6. The highest BCUT2D eigenvalue weighted by molar-refractivity contribution is 5.54. The summed E-state index contributed by atoms with van der Waals surface area (Å²) in [5, 5.41) is 4.19. The van der Waals surface area contributed by atoms with E-state index in [0.717, 1.165) is 23.8 Å². The van der Waals surface area contributed by atoms with Crippen LogP contribution in [0.25, 0.3) is 11.5 Å². The van der Waals surface area contributed by atoms with Crippen molar-refractivity contribution < 1.29 is 13.2 Å². The maximum atomic E-state index is 14.0. The zero-order valence-electron chi connectivity index (χ0n) is 15.3. The normalized spacial score (nSPS) is 11.7. The molecule has 0 saturated heterocycles. The van der Waals surface area contributed by atoms with Gasteiger partial charge in [-0.15, -0.1) is 0 Å². The Hall–Kier alpha value is -2.54. The molecule has 7 heteroatoms. The minimum Gasteiger partial charge on any atom is -0.441 e. The Morgan fingerprint density at radius 1 is 1.23 bits per heavy atom. The Morgan fingerprint density at radius 3 is 2.65 bits per heavy atom. The van der Waals surface area contributed by atoms with Gasteiger partial charge < -0.3 is 4.42 Å². The molecule has 3 rings (SSSR count). The predicted molar refractivity (Wildman–Crippen MR) is 94.2 cm³/mol. The highest BCUT2D eigenvalue weighted by Crippen LogP contribution is 2.26. The first-order valence-electron chi connectivity index (χ1n) is 8.46. The van der Waals surface area contributed by atoms with Gasteiger partial charge in [0.15, 0.2) is 0 Å². The maximum absolute atomic E-state index is 14.0. The molecule has 0 amide bonds. The Kier molecular flexibility index (Phi) is 5.18. The maximum Gasteiger partial charge on any atom is 0.229 e. The smallest absolute Gasteiger partial charge is 0.229 e. The van der Waals surface area contributed by atoms with Crippen molar-refractivity contribution in [1.29, 1.82) is 0 Å². The standard InChI is InChI=1S/C19H22F2N4O/c1-12(2)25(10-14-8-22-24(4)9-14)11-18-13(3)26-19(23-18)16-7-15(20)5-6-17(16)21/h5-9,12H,10-11H2,1-4H3. The molecule has 0 aliphatic heterocycles. The molecule has 138 valence electrons. The lowest BCUT2D eigenvalue weighted by atomic mass is 10.2. The molecule has 0 unspecified atom stereocenters. The predicted octanol–water partition coefficient (Wildman–Crippen LogP) is 4.07. The van der Waals surface area contributed by atoms with E-state index < -0.39 is 11.6 Å². The lowest BCUT2D eigenvalue weighted by molar-refractivity contribution is 0.200. The fraction of sp³-hybridized carbons (Fsp3) is 0.368. The molecule has 0 radical (unpaired) electrons. The molecule has 3 aromatic rings. The first kappa shape index (κ1) is 18.3. The van der Waals surface area contributed by atoms with Gasteiger partial charge in [0.1, 0.15) is 17.4 Å². The second-order valence-corrected chi connectivity index (χ2v) is 6.67. The van der Waals surface area contributed by atoms with Crippen LogP contribution in [0.15, 0.2) is 35.0 Å². The van der Waals surface area contributed by atoms with Crippen LogP contribution in [0.5, 0.6) is 0 Å². The summed E-state index contributed by atoms with van der Waals surface area (Å²) in [6, 6.07) is 3.51. The van der Waals surface area contributed by atoms with Gasteiger partial charge in [-0.25, -0.2) is 13.8 Å². The number of aromatic nitrogens is 3. The summed E-state index contributed by atoms with van der Waals surface area (Å²) in [6.45, 7) is 7.23. The Bertz CT molecular complexity index is 901. The van der Waals surface area contributed by atoms with E-state index in [1.807, 2.05) is 19.4 Å². The van der Waals surface area contributed by atoms with E-state index in [1.165, 1.54) is 0 Å². The summed E-state index contributed by atoms with van der Waals surface area (Å²) in [5.41, 5.74) is 1.84. The molecule has 0 spiro atoms. The van der Waals surface area contributed by atoms with Crippen LogP contribution in [0.4, 0.5) is 8.78 Å². The van der Waals surface area contributed by atoms with Crippen molar-refractivity contribution >= 4 is 0 Å². The second-order valence-electron chi connectivity index (χ2n) is 6.67. The van der Waals surface area contributed by atoms with E-state index in [-0.39, 0.29) is 17.5 Å². The Labute approximate surface area is 151 Å². The van der Waals surface area contributed by atoms with Crippen molar-refractivity contribution in [2.75, 3.05) is 0 Å². The molecule has 0 bridgehead atoms. The van der Waals surface area contributed by atoms with E-state index in [0.29, 0.717) is 24.5 Å². The Morgan fingerprint density at radius 2 is 2.00 bits per heavy atom. The van der Waals surface area contributed by atoms with Gasteiger partial charge in [0.05, 0.1) is 17.5 Å². The van der Waals surface area contributed by atoms with Gasteiger partial charge in [-0.2, -0.15) is 5.10 Å². The molecule has 0 aliphatic rings. The zero-order valence-corrected chi connectivity index (χ0v) is 15.3. The SMILES string of the molecule is Cc1oc(-c2cc(F)ccc2F)nc1CN(Cc1cnn(C)c1)C(C)C. The first-order valence-corrected chi connectivity index (χ1v) is 8.46. The van der Waals surface area contributed by atoms with Crippen molar-refractivity contribution in [3.8, 4) is 11.5 Å². The van der Waals surface area contributed by atoms with Gasteiger partial charge in [-0.3, -0.25) is 9.58 Å². The zero-order chi connectivity index (χ0) is 18.8. The summed E-state index contributed by atoms with van der Waals surface area (Å²) in [7, 11) is 1.88. The third-order valence-corrected chi connectivity index (χ3v) is 4.28. The molecule has 1 aromatic carbocycles. The highest BCUT2D eigenvalue weighted by atomic mass is 19.1. The highest BCUT2D eigenvalue weighted by Gasteiger charge is 2.19. The lowest BCUT2D eigenvalue weighted by Gasteiger charge is -2.25. The summed E-state index contributed by atoms with van der Waals surface area (Å²) in [6.07, 6.45) is 3.80. The minimum absolute atomic E-state index is 0.0303. The van der Waals surface area contributed by atoms with Crippen LogP contribution in [0.1, 0.15) is 30.9 Å². The third kappa shape index (κ3) is 3.99. The molecule has 0 N–H and O–H groups in total. The van der Waals surface area contributed by atoms with Crippen LogP contribution in [-0.4, -0.2) is 25.7 Å². The molecule has 0 aliphatic carbocycles. The number of aryl methyl sites for hydroxylation is 2. The molecule has 2 heterocycles. The van der Waals surface area contributed by atoms with Crippen LogP contribution in [0, 0.1) is 18.6 Å². The van der Waals surface area contributed by atoms with E-state index in [9.17, 15) is 8.78 Å². The minimum atomic E-state index is -0.560. The summed E-state index contributed by atoms with van der Waals surface area (Å²) in [4.78, 5) is 6.63. The van der Waals surface area contributed by atoms with E-state index in [1.54, 1.807) is 11.6 Å². The largest absolute Gasteiger partial charge is 0.441 e. The lowest BCUT2D eigenvalue weighted by Crippen LogP contribution is -2.30. The van der Waals surface area contributed by atoms with Gasteiger partial charge in [-0.05, 0) is 39.0 Å². The molecule has 26 heavy (non-hydrogen) atoms. The fourth-order valence-corrected chi connectivity index (χ4v) is 2.75. The van der Waals surface area contributed by atoms with Crippen molar-refractivity contribution in [1.82, 2.24) is 19.7 Å². The molecule has 0 atom stereocenters. The number of hydrogen-bond acceptors (Lipinski definition) is 4. The van der Waals surface area contributed by atoms with Crippen LogP contribution in [-0.2, 0) is 20.1 Å². The monoisotopic (exact) mass is 360 g/mol. The van der Waals surface area contributed by atoms with Crippen molar-refractivity contribution in [3.63, 3.8) is 0 Å². The van der Waals surface area contributed by atoms with Gasteiger partial charge in [-0.1, -0.05) is 0 Å². The molecule has 2 aromatic heterocycles. The van der Waals surface area contributed by atoms with E-state index in [4.69, 9.17) is 4.42 Å². The van der Waals surface area contributed by atoms with Crippen LogP contribution in [0.2, 0.25) is 0 Å². The van der Waals surface area contributed by atoms with Crippen molar-refractivity contribution in [2.45, 2.75) is 39.9 Å². The topological polar surface area (TPSA) is 47.1 Å². The number of benzene rings is 1. The van der Waals surface area contributed by atoms with Gasteiger partial charge in [0, 0.05) is 37.9 Å². The molecular weight excluding hydrogens is 338 g/mol. The van der Waals surface area contributed by atoms with E-state index in [2.05, 4.69) is 28.8 Å². The van der Waals surface area contributed by atoms with Gasteiger partial charge in [0.2, 0.25) is 5.89 Å². The quantitative estimate of drug-likeness (QED) is 0.665. The first-order chi connectivity index (χ1) is 12.3. The number of hydrogen-bond donors (Lipinski definition) is 0. The molecule has 0 fully saturated rings. The van der Waals surface area contributed by atoms with Crippen LogP contribution < -0.4 is 0 Å². The summed E-state index contributed by atoms with van der Waals surface area (Å²) >= 11 is 0. The van der Waals surface area contributed by atoms with Crippen molar-refractivity contribution in [3.05, 3.63) is 59.2 Å². The fourth-order valence-electron chi connectivity index (χ4n) is 2.75. The molecule has 0 saturated carbocycles. The number of oxazole rings is 1. The second kappa shape index (κ2) is 7.37. The summed E-state index contributed by atoms with van der Waals surface area (Å²) in [5.74, 6) is -0.394. The molecular formula is C19H22F2N4O. The van der Waals surface area contributed by atoms with Gasteiger partial charge in [0.25, 0.3) is 0 Å². The molecule has 5 nitrogen and oxygen atoms in total. The van der Waals surface area contributed by atoms with Gasteiger partial charge >= 0.3 is 0 Å². The summed E-state index contributed by atoms with van der Waals surface area (Å²) < 4.78 is 34.8.